The summed E-state index contributed by atoms with van der Waals surface area (Å²) in [5, 5.41) is 0. The topological polar surface area (TPSA) is 63.4 Å². The summed E-state index contributed by atoms with van der Waals surface area (Å²) in [5.41, 5.74) is 4.58. The molecule has 0 aromatic heterocycles. The molecule has 1 aromatic carbocycles. The molecule has 0 bridgehead atoms. The Bertz CT molecular complexity index is 320. The van der Waals surface area contributed by atoms with Crippen LogP contribution in [0.4, 0.5) is 11.4 Å². The van der Waals surface area contributed by atoms with E-state index in [9.17, 15) is 9.59 Å². The largest absolute Gasteiger partial charge is 0.394 e. The number of anilines is 2. The maximum atomic E-state index is 10.7. The highest BCUT2D eigenvalue weighted by molar-refractivity contribution is 5.71. The van der Waals surface area contributed by atoms with Crippen LogP contribution in [0.1, 0.15) is 0 Å². The predicted molar refractivity (Wildman–Crippen MR) is 40.1 cm³/mol. The van der Waals surface area contributed by atoms with Crippen LogP contribution in [0.15, 0.2) is 9.59 Å². The zero-order valence-electron chi connectivity index (χ0n) is 5.84. The Balaban J connectivity index is 3.23. The predicted octanol–water partition coefficient (Wildman–Crippen LogP) is -1.07. The van der Waals surface area contributed by atoms with E-state index >= 15 is 0 Å². The fraction of sp³-hybridized carbons (Fsp3) is 0.333. The van der Waals surface area contributed by atoms with Gasteiger partial charge in [-0.25, -0.2) is 0 Å². The molecule has 1 aromatic rings. The molecule has 0 saturated heterocycles. The molecule has 0 spiro atoms. The van der Waals surface area contributed by atoms with E-state index in [0.717, 1.165) is 0 Å². The number of nitrogen functional groups attached to an aromatic ring is 1. The van der Waals surface area contributed by atoms with Crippen LogP contribution in [0.2, 0.25) is 0 Å². The molecular weight excluding hydrogens is 132 g/mol. The molecule has 10 heavy (non-hydrogen) atoms. The maximum absolute atomic E-state index is 10.7. The smallest absolute Gasteiger partial charge is 0.253 e. The van der Waals surface area contributed by atoms with Crippen LogP contribution >= 0.6 is 0 Å². The molecule has 0 heterocycles. The number of rotatable bonds is 1. The summed E-state index contributed by atoms with van der Waals surface area (Å²) in [5.74, 6) is 0. The highest BCUT2D eigenvalue weighted by Gasteiger charge is 2.18. The van der Waals surface area contributed by atoms with Gasteiger partial charge >= 0.3 is 0 Å². The minimum absolute atomic E-state index is 0.0787. The zero-order valence-corrected chi connectivity index (χ0v) is 5.84. The van der Waals surface area contributed by atoms with Gasteiger partial charge in [0.1, 0.15) is 11.4 Å². The van der Waals surface area contributed by atoms with E-state index in [0.29, 0.717) is 5.69 Å². The Labute approximate surface area is 57.6 Å². The molecule has 4 nitrogen and oxygen atoms in total. The van der Waals surface area contributed by atoms with E-state index in [2.05, 4.69) is 0 Å². The van der Waals surface area contributed by atoms with Crippen molar-refractivity contribution in [1.29, 1.82) is 0 Å². The van der Waals surface area contributed by atoms with Crippen LogP contribution in [-0.2, 0) is 0 Å². The average molecular weight is 140 g/mol. The second-order valence-corrected chi connectivity index (χ2v) is 2.31. The molecule has 0 unspecified atom stereocenters. The van der Waals surface area contributed by atoms with Gasteiger partial charge in [0.05, 0.1) is 0 Å². The lowest BCUT2D eigenvalue weighted by molar-refractivity contribution is 1.10. The summed E-state index contributed by atoms with van der Waals surface area (Å²) in [4.78, 5) is 22.7. The van der Waals surface area contributed by atoms with Gasteiger partial charge in [-0.15, -0.1) is 0 Å². The highest BCUT2D eigenvalue weighted by Crippen LogP contribution is 2.11. The molecule has 0 aliphatic carbocycles. The van der Waals surface area contributed by atoms with Gasteiger partial charge in [-0.2, -0.15) is 0 Å². The second kappa shape index (κ2) is 1.83. The minimum Gasteiger partial charge on any atom is -0.394 e. The Morgan fingerprint density at radius 1 is 1.20 bits per heavy atom. The molecule has 0 atom stereocenters. The van der Waals surface area contributed by atoms with Crippen molar-refractivity contribution in [2.75, 3.05) is 24.7 Å². The first-order valence-electron chi connectivity index (χ1n) is 2.81. The van der Waals surface area contributed by atoms with Gasteiger partial charge in [0.2, 0.25) is 0 Å². The van der Waals surface area contributed by atoms with Crippen LogP contribution in [-0.4, -0.2) is 14.1 Å². The number of nitrogens with two attached hydrogens (primary N) is 1. The van der Waals surface area contributed by atoms with Crippen LogP contribution in [0.5, 0.6) is 0 Å². The normalized spacial score (nSPS) is 10.2. The number of hydrogen-bond donors (Lipinski definition) is 1. The van der Waals surface area contributed by atoms with Crippen molar-refractivity contribution in [3.63, 3.8) is 0 Å². The molecular formula is C6H8N2O2. The van der Waals surface area contributed by atoms with E-state index < -0.39 is 10.9 Å². The SMILES string of the molecule is CN(C)c1c(N)c(=O)c1=O. The van der Waals surface area contributed by atoms with Gasteiger partial charge < -0.3 is 10.6 Å². The standard InChI is InChI=1S/C6H8N2O2/c1-8(2)4-3(7)5(9)6(4)10/h7H2,1-2H3. The van der Waals surface area contributed by atoms with Crippen molar-refractivity contribution in [1.82, 2.24) is 0 Å². The first-order valence-corrected chi connectivity index (χ1v) is 2.81. The maximum Gasteiger partial charge on any atom is 0.253 e. The van der Waals surface area contributed by atoms with Crippen LogP contribution in [0.25, 0.3) is 0 Å². The Morgan fingerprint density at radius 3 is 1.90 bits per heavy atom. The quantitative estimate of drug-likeness (QED) is 0.504. The van der Waals surface area contributed by atoms with Gasteiger partial charge in [0, 0.05) is 14.1 Å². The summed E-state index contributed by atoms with van der Waals surface area (Å²) in [6.45, 7) is 0. The molecule has 0 saturated carbocycles. The molecule has 0 aliphatic rings. The van der Waals surface area contributed by atoms with Gasteiger partial charge in [-0.3, -0.25) is 9.59 Å². The van der Waals surface area contributed by atoms with Crippen molar-refractivity contribution < 1.29 is 0 Å². The molecule has 54 valence electrons. The van der Waals surface area contributed by atoms with Crippen molar-refractivity contribution in [3.8, 4) is 0 Å². The lowest BCUT2D eigenvalue weighted by Crippen LogP contribution is -2.39. The summed E-state index contributed by atoms with van der Waals surface area (Å²) < 4.78 is 0. The van der Waals surface area contributed by atoms with Crippen LogP contribution in [0, 0.1) is 0 Å². The van der Waals surface area contributed by atoms with Gasteiger partial charge in [0.15, 0.2) is 0 Å². The van der Waals surface area contributed by atoms with Crippen LogP contribution in [0.3, 0.4) is 0 Å². The molecule has 4 heteroatoms. The van der Waals surface area contributed by atoms with E-state index in [4.69, 9.17) is 5.73 Å². The summed E-state index contributed by atoms with van der Waals surface area (Å²) in [7, 11) is 3.35. The number of hydrogen-bond acceptors (Lipinski definition) is 4. The molecule has 0 fully saturated rings. The molecule has 0 radical (unpaired) electrons. The summed E-state index contributed by atoms with van der Waals surface area (Å²) >= 11 is 0. The molecule has 2 N–H and O–H groups in total. The third-order valence-corrected chi connectivity index (χ3v) is 1.37. The lowest BCUT2D eigenvalue weighted by atomic mass is 10.2. The van der Waals surface area contributed by atoms with Crippen molar-refractivity contribution in [2.45, 2.75) is 0 Å². The Hall–Kier alpha value is -1.32. The van der Waals surface area contributed by atoms with Crippen molar-refractivity contribution in [2.24, 2.45) is 0 Å². The Kier molecular flexibility index (Phi) is 1.24. The zero-order chi connectivity index (χ0) is 7.89. The molecule has 0 amide bonds. The third kappa shape index (κ3) is 0.618. The first kappa shape index (κ1) is 6.80. The second-order valence-electron chi connectivity index (χ2n) is 2.31. The van der Waals surface area contributed by atoms with E-state index in [1.165, 1.54) is 0 Å². The summed E-state index contributed by atoms with van der Waals surface area (Å²) in [6.07, 6.45) is 0. The average Bonchev–Trinajstić information content (AvgIpc) is 1.87. The number of nitrogens with zero attached hydrogens (tertiary/aromatic N) is 1. The molecule has 0 aliphatic heterocycles. The van der Waals surface area contributed by atoms with E-state index in [1.54, 1.807) is 19.0 Å². The fourth-order valence-electron chi connectivity index (χ4n) is 0.841. The van der Waals surface area contributed by atoms with E-state index in [-0.39, 0.29) is 5.69 Å². The minimum atomic E-state index is -0.566. The third-order valence-electron chi connectivity index (χ3n) is 1.37. The Morgan fingerprint density at radius 2 is 1.70 bits per heavy atom. The molecule has 1 rings (SSSR count). The van der Waals surface area contributed by atoms with Crippen LogP contribution < -0.4 is 21.5 Å². The first-order chi connectivity index (χ1) is 4.55. The highest BCUT2D eigenvalue weighted by atomic mass is 16.2. The van der Waals surface area contributed by atoms with E-state index in [1.807, 2.05) is 0 Å². The van der Waals surface area contributed by atoms with Crippen molar-refractivity contribution in [3.05, 3.63) is 20.4 Å². The fourth-order valence-corrected chi connectivity index (χ4v) is 0.841. The van der Waals surface area contributed by atoms with Gasteiger partial charge in [-0.1, -0.05) is 0 Å². The monoisotopic (exact) mass is 140 g/mol. The van der Waals surface area contributed by atoms with Gasteiger partial charge in [-0.05, 0) is 0 Å². The van der Waals surface area contributed by atoms with Gasteiger partial charge in [0.25, 0.3) is 10.9 Å². The lowest BCUT2D eigenvalue weighted by Gasteiger charge is -2.14. The summed E-state index contributed by atoms with van der Waals surface area (Å²) in [6, 6.07) is 0. The van der Waals surface area contributed by atoms with Crippen molar-refractivity contribution >= 4 is 11.4 Å².